The van der Waals surface area contributed by atoms with Crippen LogP contribution in [-0.2, 0) is 10.3 Å². The van der Waals surface area contributed by atoms with Crippen molar-refractivity contribution in [3.05, 3.63) is 114 Å². The number of carbonyl (C=O) groups is 1. The van der Waals surface area contributed by atoms with Gasteiger partial charge in [0, 0.05) is 28.3 Å². The molecule has 0 aliphatic heterocycles. The van der Waals surface area contributed by atoms with E-state index in [9.17, 15) is 10.1 Å². The first-order valence-electron chi connectivity index (χ1n) is 15.2. The molecule has 7 heteroatoms. The van der Waals surface area contributed by atoms with Gasteiger partial charge in [-0.15, -0.1) is 0 Å². The lowest BCUT2D eigenvalue weighted by Gasteiger charge is -2.43. The maximum Gasteiger partial charge on any atom is 0.408 e. The fraction of sp³-hybridized carbons (Fsp3) is 0.211. The van der Waals surface area contributed by atoms with Gasteiger partial charge in [-0.25, -0.2) is 14.3 Å². The second kappa shape index (κ2) is 10.9. The van der Waals surface area contributed by atoms with Crippen LogP contribution in [0.4, 0.5) is 4.79 Å². The summed E-state index contributed by atoms with van der Waals surface area (Å²) >= 11 is 0. The first kappa shape index (κ1) is 28.3. The second-order valence-electron chi connectivity index (χ2n) is 12.7. The number of hydrogen-bond donors (Lipinski definition) is 1. The molecule has 222 valence electrons. The zero-order valence-corrected chi connectivity index (χ0v) is 25.5. The molecule has 0 saturated heterocycles. The fourth-order valence-electron chi connectivity index (χ4n) is 6.16. The maximum absolute atomic E-state index is 12.7. The number of ether oxygens (including phenoxy) is 1. The number of nitriles is 1. The Bertz CT molecular complexity index is 2100. The minimum atomic E-state index is -0.559. The van der Waals surface area contributed by atoms with Crippen molar-refractivity contribution in [3.63, 3.8) is 0 Å². The monoisotopic (exact) mass is 591 g/mol. The molecule has 0 radical (unpaired) electrons. The van der Waals surface area contributed by atoms with E-state index < -0.39 is 17.2 Å². The summed E-state index contributed by atoms with van der Waals surface area (Å²) < 4.78 is 7.44. The van der Waals surface area contributed by atoms with Gasteiger partial charge in [0.15, 0.2) is 5.65 Å². The first-order chi connectivity index (χ1) is 21.7. The molecule has 45 heavy (non-hydrogen) atoms. The average molecular weight is 592 g/mol. The van der Waals surface area contributed by atoms with Gasteiger partial charge in [0.25, 0.3) is 0 Å². The Hall–Kier alpha value is -5.48. The topological polar surface area (TPSA) is 92.3 Å². The number of carbonyl (C=O) groups excluding carboxylic acids is 1. The number of aromatic nitrogens is 3. The number of alkyl carbamates (subject to hydrolysis) is 1. The Balaban J connectivity index is 1.34. The van der Waals surface area contributed by atoms with Crippen LogP contribution in [0.2, 0.25) is 0 Å². The summed E-state index contributed by atoms with van der Waals surface area (Å²) in [7, 11) is 0. The Kier molecular flexibility index (Phi) is 6.86. The van der Waals surface area contributed by atoms with Crippen molar-refractivity contribution >= 4 is 22.6 Å². The molecule has 0 atom stereocenters. The standard InChI is InChI=1S/C38H33N5O2/c1-37(2,3)45-36(44)41-38(20-9-21-38)29-18-16-27(17-19-29)33-32(26-11-5-4-6-12-26)24-43-35(40-33)31-15-8-14-30(34(31)42-43)28-13-7-10-25(22-28)23-39/h4-8,10-19,22,24H,9,20-21H2,1-3H3,(H,41,44). The van der Waals surface area contributed by atoms with Crippen LogP contribution >= 0.6 is 0 Å². The molecule has 6 aromatic rings. The lowest BCUT2D eigenvalue weighted by molar-refractivity contribution is 0.0377. The van der Waals surface area contributed by atoms with Crippen LogP contribution in [-0.4, -0.2) is 26.3 Å². The Morgan fingerprint density at radius 2 is 1.62 bits per heavy atom. The van der Waals surface area contributed by atoms with Crippen molar-refractivity contribution in [2.24, 2.45) is 0 Å². The molecule has 4 aromatic carbocycles. The number of rotatable bonds is 5. The summed E-state index contributed by atoms with van der Waals surface area (Å²) in [5.41, 5.74) is 7.96. The second-order valence-corrected chi connectivity index (χ2v) is 12.7. The van der Waals surface area contributed by atoms with Crippen LogP contribution < -0.4 is 5.32 Å². The predicted molar refractivity (Wildman–Crippen MR) is 176 cm³/mol. The summed E-state index contributed by atoms with van der Waals surface area (Å²) in [5, 5.41) is 18.6. The van der Waals surface area contributed by atoms with Gasteiger partial charge < -0.3 is 10.1 Å². The molecule has 1 aliphatic carbocycles. The molecular weight excluding hydrogens is 558 g/mol. The van der Waals surface area contributed by atoms with Gasteiger partial charge in [0.1, 0.15) is 11.1 Å². The van der Waals surface area contributed by atoms with E-state index >= 15 is 0 Å². The molecule has 2 aromatic heterocycles. The maximum atomic E-state index is 12.7. The molecular formula is C38H33N5O2. The summed E-state index contributed by atoms with van der Waals surface area (Å²) in [6.07, 6.45) is 4.44. The van der Waals surface area contributed by atoms with Gasteiger partial charge >= 0.3 is 6.09 Å². The third-order valence-corrected chi connectivity index (χ3v) is 8.47. The van der Waals surface area contributed by atoms with E-state index in [-0.39, 0.29) is 0 Å². The largest absolute Gasteiger partial charge is 0.444 e. The number of nitrogens with zero attached hydrogens (tertiary/aromatic N) is 4. The van der Waals surface area contributed by atoms with Crippen LogP contribution in [0, 0.1) is 11.3 Å². The molecule has 1 amide bonds. The van der Waals surface area contributed by atoms with E-state index in [0.29, 0.717) is 5.56 Å². The van der Waals surface area contributed by atoms with Crippen molar-refractivity contribution in [3.8, 4) is 39.6 Å². The Morgan fingerprint density at radius 1 is 0.889 bits per heavy atom. The molecule has 1 saturated carbocycles. The number of amides is 1. The summed E-state index contributed by atoms with van der Waals surface area (Å²) in [6, 6.07) is 34.5. The molecule has 0 bridgehead atoms. The predicted octanol–water partition coefficient (Wildman–Crippen LogP) is 8.66. The van der Waals surface area contributed by atoms with E-state index in [1.165, 1.54) is 0 Å². The zero-order chi connectivity index (χ0) is 31.2. The minimum Gasteiger partial charge on any atom is -0.444 e. The zero-order valence-electron chi connectivity index (χ0n) is 25.5. The summed E-state index contributed by atoms with van der Waals surface area (Å²) in [6.45, 7) is 5.62. The highest BCUT2D eigenvalue weighted by atomic mass is 16.6. The SMILES string of the molecule is CC(C)(C)OC(=O)NC1(c2ccc(-c3nc4c5cccc(-c6cccc(C#N)c6)c5nn4cc3-c3ccccc3)cc2)CCC1. The van der Waals surface area contributed by atoms with Gasteiger partial charge in [0.2, 0.25) is 0 Å². The molecule has 1 fully saturated rings. The van der Waals surface area contributed by atoms with Gasteiger partial charge in [-0.1, -0.05) is 78.9 Å². The van der Waals surface area contributed by atoms with Crippen molar-refractivity contribution in [2.45, 2.75) is 51.2 Å². The van der Waals surface area contributed by atoms with Gasteiger partial charge in [0.05, 0.1) is 22.9 Å². The third-order valence-electron chi connectivity index (χ3n) is 8.47. The number of nitrogens with one attached hydrogen (secondary N) is 1. The van der Waals surface area contributed by atoms with E-state index in [1.807, 2.05) is 86.1 Å². The number of fused-ring (bicyclic) bond motifs is 3. The quantitative estimate of drug-likeness (QED) is 0.217. The van der Waals surface area contributed by atoms with E-state index in [4.69, 9.17) is 14.8 Å². The van der Waals surface area contributed by atoms with Crippen LogP contribution in [0.3, 0.4) is 0 Å². The first-order valence-corrected chi connectivity index (χ1v) is 15.2. The van der Waals surface area contributed by atoms with E-state index in [2.05, 4.69) is 47.8 Å². The normalized spacial score (nSPS) is 14.1. The highest BCUT2D eigenvalue weighted by Crippen LogP contribution is 2.43. The fourth-order valence-corrected chi connectivity index (χ4v) is 6.16. The smallest absolute Gasteiger partial charge is 0.408 e. The molecule has 1 aliphatic rings. The van der Waals surface area contributed by atoms with E-state index in [0.717, 1.165) is 74.9 Å². The third kappa shape index (κ3) is 5.29. The Morgan fingerprint density at radius 3 is 2.31 bits per heavy atom. The molecule has 0 spiro atoms. The van der Waals surface area contributed by atoms with Gasteiger partial charge in [-0.3, -0.25) is 0 Å². The average Bonchev–Trinajstić information content (AvgIpc) is 3.40. The van der Waals surface area contributed by atoms with Crippen molar-refractivity contribution in [1.29, 1.82) is 5.26 Å². The van der Waals surface area contributed by atoms with Crippen LogP contribution in [0.1, 0.15) is 51.2 Å². The molecule has 2 heterocycles. The van der Waals surface area contributed by atoms with Crippen LogP contribution in [0.15, 0.2) is 103 Å². The minimum absolute atomic E-state index is 0.393. The van der Waals surface area contributed by atoms with Crippen LogP contribution in [0.25, 0.3) is 50.1 Å². The van der Waals surface area contributed by atoms with Crippen molar-refractivity contribution in [2.75, 3.05) is 0 Å². The van der Waals surface area contributed by atoms with E-state index in [1.54, 1.807) is 6.07 Å². The highest BCUT2D eigenvalue weighted by molar-refractivity contribution is 6.02. The molecule has 1 N–H and O–H groups in total. The van der Waals surface area contributed by atoms with Crippen molar-refractivity contribution < 1.29 is 9.53 Å². The summed E-state index contributed by atoms with van der Waals surface area (Å²) in [5.74, 6) is 0. The lowest BCUT2D eigenvalue weighted by Crippen LogP contribution is -2.52. The number of benzene rings is 4. The van der Waals surface area contributed by atoms with Crippen LogP contribution in [0.5, 0.6) is 0 Å². The lowest BCUT2D eigenvalue weighted by atomic mass is 9.71. The Labute approximate surface area is 262 Å². The molecule has 7 rings (SSSR count). The van der Waals surface area contributed by atoms with Gasteiger partial charge in [-0.2, -0.15) is 10.4 Å². The molecule has 0 unspecified atom stereocenters. The number of hydrogen-bond acceptors (Lipinski definition) is 5. The highest BCUT2D eigenvalue weighted by Gasteiger charge is 2.41. The van der Waals surface area contributed by atoms with Crippen molar-refractivity contribution in [1.82, 2.24) is 19.9 Å². The summed E-state index contributed by atoms with van der Waals surface area (Å²) in [4.78, 5) is 18.0. The molecule has 7 nitrogen and oxygen atoms in total. The van der Waals surface area contributed by atoms with Gasteiger partial charge in [-0.05, 0) is 74.9 Å².